The van der Waals surface area contributed by atoms with E-state index >= 15 is 0 Å². The third kappa shape index (κ3) is 4.07. The van der Waals surface area contributed by atoms with Crippen LogP contribution >= 0.6 is 11.8 Å². The van der Waals surface area contributed by atoms with Gasteiger partial charge in [-0.25, -0.2) is 0 Å². The van der Waals surface area contributed by atoms with E-state index in [4.69, 9.17) is 0 Å². The van der Waals surface area contributed by atoms with Gasteiger partial charge in [-0.3, -0.25) is 14.6 Å². The van der Waals surface area contributed by atoms with Gasteiger partial charge in [0.1, 0.15) is 5.25 Å². The number of aliphatic imine (C=N–C) groups is 1. The van der Waals surface area contributed by atoms with Crippen molar-refractivity contribution in [1.29, 1.82) is 0 Å². The quantitative estimate of drug-likeness (QED) is 0.896. The van der Waals surface area contributed by atoms with Gasteiger partial charge in [0.05, 0.1) is 0 Å². The van der Waals surface area contributed by atoms with Crippen molar-refractivity contribution in [2.75, 3.05) is 11.9 Å². The molecule has 1 saturated heterocycles. The van der Waals surface area contributed by atoms with Gasteiger partial charge in [0, 0.05) is 18.7 Å². The third-order valence-corrected chi connectivity index (χ3v) is 4.24. The fourth-order valence-electron chi connectivity index (χ4n) is 2.00. The van der Waals surface area contributed by atoms with Crippen LogP contribution in [0.15, 0.2) is 23.2 Å². The number of amidine groups is 1. The minimum Gasteiger partial charge on any atom is -0.326 e. The Balaban J connectivity index is 1.98. The van der Waals surface area contributed by atoms with Gasteiger partial charge >= 0.3 is 0 Å². The first-order valence-electron chi connectivity index (χ1n) is 6.88. The van der Waals surface area contributed by atoms with Crippen LogP contribution in [0, 0.1) is 13.8 Å². The summed E-state index contributed by atoms with van der Waals surface area (Å²) in [5.74, 6) is -0.308. The molecule has 2 rings (SSSR count). The standard InChI is InChI=1S/C15H19N3O2S/c1-4-16-15-18-14(20)12(21-15)8-13(19)17-11-7-9(2)5-6-10(11)3/h5-7,12H,4,8H2,1-3H3,(H,17,19)(H,16,18,20)/t12-/m0/s1. The van der Waals surface area contributed by atoms with Crippen LogP contribution < -0.4 is 10.6 Å². The van der Waals surface area contributed by atoms with E-state index in [1.54, 1.807) is 0 Å². The molecule has 112 valence electrons. The van der Waals surface area contributed by atoms with Crippen molar-refractivity contribution in [2.45, 2.75) is 32.4 Å². The molecule has 2 amide bonds. The largest absolute Gasteiger partial charge is 0.326 e. The lowest BCUT2D eigenvalue weighted by atomic mass is 10.1. The second kappa shape index (κ2) is 6.76. The lowest BCUT2D eigenvalue weighted by Crippen LogP contribution is -2.28. The number of nitrogens with zero attached hydrogens (tertiary/aromatic N) is 1. The van der Waals surface area contributed by atoms with E-state index in [9.17, 15) is 9.59 Å². The molecule has 1 aromatic rings. The average molecular weight is 305 g/mol. The monoisotopic (exact) mass is 305 g/mol. The second-order valence-electron chi connectivity index (χ2n) is 4.95. The first-order valence-corrected chi connectivity index (χ1v) is 7.76. The van der Waals surface area contributed by atoms with E-state index in [-0.39, 0.29) is 18.2 Å². The Labute approximate surface area is 128 Å². The van der Waals surface area contributed by atoms with Crippen LogP contribution in [0.1, 0.15) is 24.5 Å². The number of nitrogens with one attached hydrogen (secondary N) is 2. The molecule has 1 aromatic carbocycles. The zero-order valence-corrected chi connectivity index (χ0v) is 13.2. The minimum atomic E-state index is -0.402. The maximum Gasteiger partial charge on any atom is 0.240 e. The van der Waals surface area contributed by atoms with Gasteiger partial charge in [0.2, 0.25) is 11.8 Å². The third-order valence-electron chi connectivity index (χ3n) is 3.12. The van der Waals surface area contributed by atoms with E-state index in [2.05, 4.69) is 15.6 Å². The van der Waals surface area contributed by atoms with Crippen molar-refractivity contribution in [3.05, 3.63) is 29.3 Å². The molecule has 21 heavy (non-hydrogen) atoms. The molecule has 1 aliphatic heterocycles. The summed E-state index contributed by atoms with van der Waals surface area (Å²) in [5, 5.41) is 5.76. The number of amides is 2. The highest BCUT2D eigenvalue weighted by Gasteiger charge is 2.31. The van der Waals surface area contributed by atoms with Crippen molar-refractivity contribution in [3.8, 4) is 0 Å². The Morgan fingerprint density at radius 1 is 1.43 bits per heavy atom. The van der Waals surface area contributed by atoms with Crippen LogP contribution in [0.4, 0.5) is 5.69 Å². The van der Waals surface area contributed by atoms with E-state index < -0.39 is 5.25 Å². The normalized spacial score (nSPS) is 19.7. The van der Waals surface area contributed by atoms with Gasteiger partial charge in [-0.1, -0.05) is 23.9 Å². The van der Waals surface area contributed by atoms with Crippen molar-refractivity contribution in [2.24, 2.45) is 4.99 Å². The molecule has 1 heterocycles. The molecule has 0 spiro atoms. The summed E-state index contributed by atoms with van der Waals surface area (Å²) < 4.78 is 0. The molecule has 1 atom stereocenters. The van der Waals surface area contributed by atoms with Gasteiger partial charge < -0.3 is 10.6 Å². The molecule has 1 aliphatic rings. The topological polar surface area (TPSA) is 70.6 Å². The summed E-state index contributed by atoms with van der Waals surface area (Å²) in [7, 11) is 0. The zero-order chi connectivity index (χ0) is 15.4. The van der Waals surface area contributed by atoms with Gasteiger partial charge in [0.25, 0.3) is 0 Å². The molecule has 0 bridgehead atoms. The molecule has 0 radical (unpaired) electrons. The Hall–Kier alpha value is -1.82. The van der Waals surface area contributed by atoms with Gasteiger partial charge in [-0.15, -0.1) is 0 Å². The summed E-state index contributed by atoms with van der Waals surface area (Å²) in [6.45, 7) is 6.44. The van der Waals surface area contributed by atoms with Crippen LogP contribution in [-0.2, 0) is 9.59 Å². The number of carbonyl (C=O) groups is 2. The van der Waals surface area contributed by atoms with Gasteiger partial charge in [-0.2, -0.15) is 0 Å². The van der Waals surface area contributed by atoms with Crippen molar-refractivity contribution >= 4 is 34.4 Å². The number of hydrogen-bond acceptors (Lipinski definition) is 4. The molecule has 6 heteroatoms. The summed E-state index contributed by atoms with van der Waals surface area (Å²) in [6, 6.07) is 5.89. The van der Waals surface area contributed by atoms with Gasteiger partial charge in [0.15, 0.2) is 5.17 Å². The Morgan fingerprint density at radius 2 is 2.19 bits per heavy atom. The summed E-state index contributed by atoms with van der Waals surface area (Å²) in [5.41, 5.74) is 2.89. The highest BCUT2D eigenvalue weighted by atomic mass is 32.2. The van der Waals surface area contributed by atoms with Crippen LogP contribution in [0.3, 0.4) is 0 Å². The smallest absolute Gasteiger partial charge is 0.240 e. The van der Waals surface area contributed by atoms with Crippen LogP contribution in [0.25, 0.3) is 0 Å². The van der Waals surface area contributed by atoms with E-state index in [1.807, 2.05) is 39.0 Å². The van der Waals surface area contributed by atoms with E-state index in [0.29, 0.717) is 11.7 Å². The van der Waals surface area contributed by atoms with Crippen molar-refractivity contribution in [1.82, 2.24) is 5.32 Å². The van der Waals surface area contributed by atoms with Crippen molar-refractivity contribution < 1.29 is 9.59 Å². The molecule has 5 nitrogen and oxygen atoms in total. The predicted molar refractivity (Wildman–Crippen MR) is 86.7 cm³/mol. The molecular formula is C15H19N3O2S. The molecular weight excluding hydrogens is 286 g/mol. The Morgan fingerprint density at radius 3 is 2.90 bits per heavy atom. The maximum atomic E-state index is 12.1. The van der Waals surface area contributed by atoms with Gasteiger partial charge in [-0.05, 0) is 38.0 Å². The fourth-order valence-corrected chi connectivity index (χ4v) is 3.03. The second-order valence-corrected chi connectivity index (χ2v) is 6.14. The number of carbonyl (C=O) groups excluding carboxylic acids is 2. The number of aryl methyl sites for hydroxylation is 2. The summed E-state index contributed by atoms with van der Waals surface area (Å²) >= 11 is 1.32. The maximum absolute atomic E-state index is 12.1. The lowest BCUT2D eigenvalue weighted by molar-refractivity contribution is -0.122. The summed E-state index contributed by atoms with van der Waals surface area (Å²) in [6.07, 6.45) is 0.145. The van der Waals surface area contributed by atoms with E-state index in [1.165, 1.54) is 11.8 Å². The van der Waals surface area contributed by atoms with Crippen LogP contribution in [-0.4, -0.2) is 28.8 Å². The van der Waals surface area contributed by atoms with Crippen LogP contribution in [0.5, 0.6) is 0 Å². The first-order chi connectivity index (χ1) is 9.99. The Kier molecular flexibility index (Phi) is 5.01. The number of benzene rings is 1. The highest BCUT2D eigenvalue weighted by molar-refractivity contribution is 8.15. The fraction of sp³-hybridized carbons (Fsp3) is 0.400. The molecule has 0 saturated carbocycles. The molecule has 0 aromatic heterocycles. The number of hydrogen-bond donors (Lipinski definition) is 2. The Bertz CT molecular complexity index is 599. The number of anilines is 1. The van der Waals surface area contributed by atoms with E-state index in [0.717, 1.165) is 16.8 Å². The average Bonchev–Trinajstić information content (AvgIpc) is 2.74. The molecule has 0 aliphatic carbocycles. The predicted octanol–water partition coefficient (Wildman–Crippen LogP) is 2.24. The number of rotatable bonds is 4. The molecule has 1 fully saturated rings. The highest BCUT2D eigenvalue weighted by Crippen LogP contribution is 2.23. The first kappa shape index (κ1) is 15.6. The zero-order valence-electron chi connectivity index (χ0n) is 12.4. The summed E-state index contributed by atoms with van der Waals surface area (Å²) in [4.78, 5) is 28.0. The molecule has 0 unspecified atom stereocenters. The lowest BCUT2D eigenvalue weighted by Gasteiger charge is -2.10. The number of thioether (sulfide) groups is 1. The SMILES string of the molecule is CCN=C1NC(=O)[C@H](CC(=O)Nc2cc(C)ccc2C)S1. The molecule has 2 N–H and O–H groups in total. The van der Waals surface area contributed by atoms with Crippen molar-refractivity contribution in [3.63, 3.8) is 0 Å². The van der Waals surface area contributed by atoms with Crippen LogP contribution in [0.2, 0.25) is 0 Å². The minimum absolute atomic E-state index is 0.145.